The van der Waals surface area contributed by atoms with Crippen LogP contribution < -0.4 is 0 Å². The molecule has 21 heavy (non-hydrogen) atoms. The fraction of sp³-hybridized carbons (Fsp3) is 0.700. The van der Waals surface area contributed by atoms with Crippen molar-refractivity contribution in [1.82, 2.24) is 4.90 Å². The Labute approximate surface area is 129 Å². The van der Waals surface area contributed by atoms with Crippen molar-refractivity contribution in [2.24, 2.45) is 5.92 Å². The van der Waals surface area contributed by atoms with Gasteiger partial charge in [-0.15, -0.1) is 0 Å². The van der Waals surface area contributed by atoms with Crippen LogP contribution in [0.1, 0.15) is 74.6 Å². The van der Waals surface area contributed by atoms with Gasteiger partial charge in [0.15, 0.2) is 0 Å². The Morgan fingerprint density at radius 1 is 1.10 bits per heavy atom. The van der Waals surface area contributed by atoms with Crippen molar-refractivity contribution in [3.8, 4) is 0 Å². The second kappa shape index (κ2) is 4.84. The SMILES string of the molecule is CC(C)(C)c1cc2c3c(c1)CN(CC1CC1)C[C@H]3CCC2. The lowest BCUT2D eigenvalue weighted by Gasteiger charge is -2.39. The minimum atomic E-state index is 0.275. The molecule has 1 saturated carbocycles. The van der Waals surface area contributed by atoms with E-state index in [0.29, 0.717) is 0 Å². The molecule has 0 amide bonds. The third kappa shape index (κ3) is 2.65. The quantitative estimate of drug-likeness (QED) is 0.765. The summed E-state index contributed by atoms with van der Waals surface area (Å²) in [5.74, 6) is 1.84. The lowest BCUT2D eigenvalue weighted by atomic mass is 9.74. The lowest BCUT2D eigenvalue weighted by Crippen LogP contribution is -2.37. The molecule has 0 bridgehead atoms. The minimum Gasteiger partial charge on any atom is -0.298 e. The summed E-state index contributed by atoms with van der Waals surface area (Å²) in [4.78, 5) is 2.76. The summed E-state index contributed by atoms with van der Waals surface area (Å²) >= 11 is 0. The predicted molar refractivity (Wildman–Crippen MR) is 88.8 cm³/mol. The van der Waals surface area contributed by atoms with E-state index < -0.39 is 0 Å². The molecule has 2 aliphatic carbocycles. The van der Waals surface area contributed by atoms with Crippen LogP contribution in [-0.4, -0.2) is 18.0 Å². The van der Waals surface area contributed by atoms with Gasteiger partial charge in [-0.05, 0) is 71.6 Å². The van der Waals surface area contributed by atoms with Gasteiger partial charge in [-0.1, -0.05) is 32.9 Å². The molecule has 1 aromatic carbocycles. The zero-order valence-electron chi connectivity index (χ0n) is 13.9. The van der Waals surface area contributed by atoms with Crippen molar-refractivity contribution in [2.75, 3.05) is 13.1 Å². The first-order valence-electron chi connectivity index (χ1n) is 8.89. The van der Waals surface area contributed by atoms with Gasteiger partial charge in [0, 0.05) is 19.6 Å². The predicted octanol–water partition coefficient (Wildman–Crippen LogP) is 4.63. The molecule has 1 fully saturated rings. The Kier molecular flexibility index (Phi) is 3.19. The topological polar surface area (TPSA) is 3.24 Å². The Hall–Kier alpha value is -0.820. The van der Waals surface area contributed by atoms with Crippen LogP contribution in [0.15, 0.2) is 12.1 Å². The molecule has 1 nitrogen and oxygen atoms in total. The number of aryl methyl sites for hydroxylation is 1. The molecular formula is C20H29N. The molecule has 3 aliphatic rings. The monoisotopic (exact) mass is 283 g/mol. The Bertz CT molecular complexity index is 548. The van der Waals surface area contributed by atoms with Crippen molar-refractivity contribution >= 4 is 0 Å². The first kappa shape index (κ1) is 13.8. The van der Waals surface area contributed by atoms with Gasteiger partial charge in [-0.2, -0.15) is 0 Å². The van der Waals surface area contributed by atoms with Crippen LogP contribution in [0.25, 0.3) is 0 Å². The summed E-state index contributed by atoms with van der Waals surface area (Å²) in [6.45, 7) is 10.9. The van der Waals surface area contributed by atoms with Crippen molar-refractivity contribution in [2.45, 2.75) is 70.8 Å². The van der Waals surface area contributed by atoms with Crippen LogP contribution in [0.4, 0.5) is 0 Å². The summed E-state index contributed by atoms with van der Waals surface area (Å²) in [5.41, 5.74) is 6.91. The third-order valence-corrected chi connectivity index (χ3v) is 5.71. The molecule has 1 atom stereocenters. The Morgan fingerprint density at radius 2 is 1.86 bits per heavy atom. The van der Waals surface area contributed by atoms with Crippen LogP contribution in [0.2, 0.25) is 0 Å². The first-order chi connectivity index (χ1) is 10.0. The highest BCUT2D eigenvalue weighted by atomic mass is 15.1. The van der Waals surface area contributed by atoms with E-state index in [-0.39, 0.29) is 5.41 Å². The van der Waals surface area contributed by atoms with E-state index in [1.807, 2.05) is 0 Å². The highest BCUT2D eigenvalue weighted by Gasteiger charge is 2.33. The second-order valence-electron chi connectivity index (χ2n) is 8.68. The average molecular weight is 283 g/mol. The maximum Gasteiger partial charge on any atom is 0.0237 e. The van der Waals surface area contributed by atoms with Gasteiger partial charge in [0.2, 0.25) is 0 Å². The fourth-order valence-electron chi connectivity index (χ4n) is 4.36. The van der Waals surface area contributed by atoms with E-state index in [1.165, 1.54) is 51.7 Å². The maximum absolute atomic E-state index is 2.76. The molecule has 0 spiro atoms. The largest absolute Gasteiger partial charge is 0.298 e. The molecule has 114 valence electrons. The molecular weight excluding hydrogens is 254 g/mol. The highest BCUT2D eigenvalue weighted by molar-refractivity contribution is 5.46. The maximum atomic E-state index is 2.76. The van der Waals surface area contributed by atoms with Gasteiger partial charge in [-0.3, -0.25) is 4.90 Å². The van der Waals surface area contributed by atoms with Gasteiger partial charge < -0.3 is 0 Å². The van der Waals surface area contributed by atoms with E-state index in [1.54, 1.807) is 22.3 Å². The average Bonchev–Trinajstić information content (AvgIpc) is 3.21. The zero-order valence-corrected chi connectivity index (χ0v) is 13.9. The van der Waals surface area contributed by atoms with E-state index >= 15 is 0 Å². The van der Waals surface area contributed by atoms with Crippen LogP contribution >= 0.6 is 0 Å². The number of nitrogens with zero attached hydrogens (tertiary/aromatic N) is 1. The number of hydrogen-bond acceptors (Lipinski definition) is 1. The molecule has 0 N–H and O–H groups in total. The van der Waals surface area contributed by atoms with E-state index in [4.69, 9.17) is 0 Å². The molecule has 0 unspecified atom stereocenters. The summed E-state index contributed by atoms with van der Waals surface area (Å²) < 4.78 is 0. The Balaban J connectivity index is 1.72. The Morgan fingerprint density at radius 3 is 2.57 bits per heavy atom. The molecule has 1 aromatic rings. The molecule has 1 heteroatoms. The minimum absolute atomic E-state index is 0.275. The highest BCUT2D eigenvalue weighted by Crippen LogP contribution is 2.42. The fourth-order valence-corrected chi connectivity index (χ4v) is 4.36. The van der Waals surface area contributed by atoms with Crippen LogP contribution in [0.3, 0.4) is 0 Å². The van der Waals surface area contributed by atoms with Gasteiger partial charge in [-0.25, -0.2) is 0 Å². The van der Waals surface area contributed by atoms with Crippen molar-refractivity contribution in [3.63, 3.8) is 0 Å². The van der Waals surface area contributed by atoms with E-state index in [2.05, 4.69) is 37.8 Å². The number of benzene rings is 1. The molecule has 4 rings (SSSR count). The number of hydrogen-bond donors (Lipinski definition) is 0. The molecule has 1 heterocycles. The molecule has 1 aliphatic heterocycles. The summed E-state index contributed by atoms with van der Waals surface area (Å²) in [5, 5.41) is 0. The smallest absolute Gasteiger partial charge is 0.0237 e. The van der Waals surface area contributed by atoms with Crippen LogP contribution in [0, 0.1) is 5.92 Å². The lowest BCUT2D eigenvalue weighted by molar-refractivity contribution is 0.211. The van der Waals surface area contributed by atoms with Crippen molar-refractivity contribution in [3.05, 3.63) is 34.4 Å². The zero-order chi connectivity index (χ0) is 14.6. The summed E-state index contributed by atoms with van der Waals surface area (Å²) in [6, 6.07) is 5.07. The third-order valence-electron chi connectivity index (χ3n) is 5.71. The van der Waals surface area contributed by atoms with E-state index in [0.717, 1.165) is 11.8 Å². The van der Waals surface area contributed by atoms with Crippen LogP contribution in [-0.2, 0) is 18.4 Å². The van der Waals surface area contributed by atoms with Gasteiger partial charge in [0.05, 0.1) is 0 Å². The molecule has 0 saturated heterocycles. The molecule has 0 aromatic heterocycles. The molecule has 0 radical (unpaired) electrons. The van der Waals surface area contributed by atoms with E-state index in [9.17, 15) is 0 Å². The second-order valence-corrected chi connectivity index (χ2v) is 8.68. The van der Waals surface area contributed by atoms with Crippen LogP contribution in [0.5, 0.6) is 0 Å². The summed E-state index contributed by atoms with van der Waals surface area (Å²) in [6.07, 6.45) is 7.06. The van der Waals surface area contributed by atoms with Gasteiger partial charge >= 0.3 is 0 Å². The first-order valence-corrected chi connectivity index (χ1v) is 8.89. The van der Waals surface area contributed by atoms with Gasteiger partial charge in [0.1, 0.15) is 0 Å². The number of rotatable bonds is 2. The summed E-state index contributed by atoms with van der Waals surface area (Å²) in [7, 11) is 0. The van der Waals surface area contributed by atoms with Gasteiger partial charge in [0.25, 0.3) is 0 Å². The van der Waals surface area contributed by atoms with Crippen molar-refractivity contribution < 1.29 is 0 Å². The standard InChI is InChI=1S/C20H29N/c1-20(2,3)18-9-15-5-4-6-16-12-21(11-14-7-8-14)13-17(10-18)19(15)16/h9-10,14,16H,4-8,11-13H2,1-3H3/t16-/m1/s1. The van der Waals surface area contributed by atoms with Crippen molar-refractivity contribution in [1.29, 1.82) is 0 Å². The normalized spacial score (nSPS) is 25.8.